The van der Waals surface area contributed by atoms with E-state index in [-0.39, 0.29) is 6.10 Å². The highest BCUT2D eigenvalue weighted by molar-refractivity contribution is 5.88. The molecule has 0 amide bonds. The van der Waals surface area contributed by atoms with Crippen molar-refractivity contribution >= 4 is 16.7 Å². The van der Waals surface area contributed by atoms with E-state index in [1.807, 2.05) is 24.3 Å². The normalized spacial score (nSPS) is 20.9. The number of likely N-dealkylation sites (tertiary alicyclic amines) is 1. The number of hydrogen-bond donors (Lipinski definition) is 1. The third-order valence-electron chi connectivity index (χ3n) is 4.14. The first-order chi connectivity index (χ1) is 11.6. The maximum Gasteiger partial charge on any atom is 0.321 e. The van der Waals surface area contributed by atoms with Gasteiger partial charge in [0.1, 0.15) is 24.5 Å². The molecule has 1 aliphatic heterocycles. The summed E-state index contributed by atoms with van der Waals surface area (Å²) in [5, 5.41) is 11.1. The summed E-state index contributed by atoms with van der Waals surface area (Å²) in [7, 11) is 1.79. The molecule has 1 aromatic heterocycles. The van der Waals surface area contributed by atoms with Gasteiger partial charge in [-0.1, -0.05) is 18.7 Å². The van der Waals surface area contributed by atoms with E-state index in [0.717, 1.165) is 10.8 Å². The lowest BCUT2D eigenvalue weighted by Crippen LogP contribution is -2.32. The van der Waals surface area contributed by atoms with E-state index in [2.05, 4.69) is 11.6 Å². The summed E-state index contributed by atoms with van der Waals surface area (Å²) in [6, 6.07) is 7.11. The molecule has 1 aliphatic rings. The Morgan fingerprint density at radius 2 is 2.33 bits per heavy atom. The number of hydrogen-bond acceptors (Lipinski definition) is 5. The molecule has 0 radical (unpaired) electrons. The second kappa shape index (κ2) is 6.88. The highest BCUT2D eigenvalue weighted by Crippen LogP contribution is 2.30. The van der Waals surface area contributed by atoms with Gasteiger partial charge in [-0.2, -0.15) is 0 Å². The SMILES string of the molecule is C=CCOc1ccc2ccnc(O[C@@H]3C[C@@H](C(=O)O)N(C)C3)c2c1. The van der Waals surface area contributed by atoms with Crippen LogP contribution in [0.2, 0.25) is 0 Å². The quantitative estimate of drug-likeness (QED) is 0.821. The zero-order chi connectivity index (χ0) is 17.1. The molecule has 1 aromatic carbocycles. The van der Waals surface area contributed by atoms with Crippen LogP contribution < -0.4 is 9.47 Å². The zero-order valence-electron chi connectivity index (χ0n) is 13.5. The number of rotatable bonds is 6. The van der Waals surface area contributed by atoms with Crippen molar-refractivity contribution < 1.29 is 19.4 Å². The predicted molar refractivity (Wildman–Crippen MR) is 90.5 cm³/mol. The number of pyridine rings is 1. The summed E-state index contributed by atoms with van der Waals surface area (Å²) < 4.78 is 11.6. The number of carboxylic acid groups (broad SMARTS) is 1. The van der Waals surface area contributed by atoms with Crippen LogP contribution in [-0.4, -0.2) is 53.3 Å². The maximum atomic E-state index is 11.2. The molecule has 6 heteroatoms. The number of likely N-dealkylation sites (N-methyl/N-ethyl adjacent to an activating group) is 1. The number of carbonyl (C=O) groups is 1. The molecule has 0 bridgehead atoms. The van der Waals surface area contributed by atoms with Crippen LogP contribution in [0.4, 0.5) is 0 Å². The molecule has 126 valence electrons. The molecule has 0 spiro atoms. The first-order valence-corrected chi connectivity index (χ1v) is 7.80. The number of aromatic nitrogens is 1. The molecule has 3 rings (SSSR count). The van der Waals surface area contributed by atoms with Crippen LogP contribution in [0.5, 0.6) is 11.6 Å². The van der Waals surface area contributed by atoms with Gasteiger partial charge >= 0.3 is 5.97 Å². The van der Waals surface area contributed by atoms with Gasteiger partial charge in [-0.25, -0.2) is 4.98 Å². The Hall–Kier alpha value is -2.60. The molecule has 0 aliphatic carbocycles. The summed E-state index contributed by atoms with van der Waals surface area (Å²) in [5.74, 6) is 0.391. The molecule has 2 atom stereocenters. The number of aliphatic carboxylic acids is 1. The van der Waals surface area contributed by atoms with E-state index >= 15 is 0 Å². The van der Waals surface area contributed by atoms with Crippen molar-refractivity contribution in [2.75, 3.05) is 20.2 Å². The lowest BCUT2D eigenvalue weighted by atomic mass is 10.1. The van der Waals surface area contributed by atoms with Crippen LogP contribution >= 0.6 is 0 Å². The maximum absolute atomic E-state index is 11.2. The summed E-state index contributed by atoms with van der Waals surface area (Å²) in [6.07, 6.45) is 3.61. The Morgan fingerprint density at radius 1 is 1.50 bits per heavy atom. The lowest BCUT2D eigenvalue weighted by molar-refractivity contribution is -0.141. The predicted octanol–water partition coefficient (Wildman–Crippen LogP) is 2.34. The highest BCUT2D eigenvalue weighted by Gasteiger charge is 2.36. The van der Waals surface area contributed by atoms with Crippen LogP contribution in [-0.2, 0) is 4.79 Å². The van der Waals surface area contributed by atoms with Crippen LogP contribution in [0.25, 0.3) is 10.8 Å². The Labute approximate surface area is 140 Å². The van der Waals surface area contributed by atoms with Crippen molar-refractivity contribution in [1.29, 1.82) is 0 Å². The zero-order valence-corrected chi connectivity index (χ0v) is 13.5. The molecular formula is C18H20N2O4. The summed E-state index contributed by atoms with van der Waals surface area (Å²) in [6.45, 7) is 4.62. The molecule has 2 heterocycles. The van der Waals surface area contributed by atoms with E-state index in [1.54, 1.807) is 24.2 Å². The van der Waals surface area contributed by atoms with Crippen molar-refractivity contribution in [3.05, 3.63) is 43.1 Å². The third kappa shape index (κ3) is 3.33. The average molecular weight is 328 g/mol. The second-order valence-corrected chi connectivity index (χ2v) is 5.87. The fourth-order valence-electron chi connectivity index (χ4n) is 2.94. The average Bonchev–Trinajstić information content (AvgIpc) is 2.94. The van der Waals surface area contributed by atoms with Gasteiger partial charge in [0, 0.05) is 24.5 Å². The largest absolute Gasteiger partial charge is 0.490 e. The molecule has 1 N–H and O–H groups in total. The highest BCUT2D eigenvalue weighted by atomic mass is 16.5. The number of benzene rings is 1. The van der Waals surface area contributed by atoms with Crippen molar-refractivity contribution in [3.63, 3.8) is 0 Å². The van der Waals surface area contributed by atoms with Crippen molar-refractivity contribution in [1.82, 2.24) is 9.88 Å². The molecule has 24 heavy (non-hydrogen) atoms. The van der Waals surface area contributed by atoms with Crippen molar-refractivity contribution in [2.45, 2.75) is 18.6 Å². The monoisotopic (exact) mass is 328 g/mol. The van der Waals surface area contributed by atoms with E-state index in [1.165, 1.54) is 0 Å². The Balaban J connectivity index is 1.83. The molecule has 1 fully saturated rings. The summed E-state index contributed by atoms with van der Waals surface area (Å²) >= 11 is 0. The smallest absolute Gasteiger partial charge is 0.321 e. The standard InChI is InChI=1S/C18H20N2O4/c1-3-8-23-13-5-4-12-6-7-19-17(15(12)9-13)24-14-10-16(18(21)22)20(2)11-14/h3-7,9,14,16H,1,8,10-11H2,2H3,(H,21,22)/t14-,16+/m1/s1. The van der Waals surface area contributed by atoms with Gasteiger partial charge in [-0.05, 0) is 30.6 Å². The topological polar surface area (TPSA) is 71.9 Å². The number of fused-ring (bicyclic) bond motifs is 1. The van der Waals surface area contributed by atoms with E-state index in [4.69, 9.17) is 9.47 Å². The minimum absolute atomic E-state index is 0.202. The van der Waals surface area contributed by atoms with E-state index in [0.29, 0.717) is 31.2 Å². The van der Waals surface area contributed by atoms with Gasteiger partial charge < -0.3 is 14.6 Å². The van der Waals surface area contributed by atoms with Crippen LogP contribution in [0, 0.1) is 0 Å². The van der Waals surface area contributed by atoms with Crippen LogP contribution in [0.3, 0.4) is 0 Å². The molecule has 0 unspecified atom stereocenters. The molecule has 0 saturated carbocycles. The van der Waals surface area contributed by atoms with E-state index < -0.39 is 12.0 Å². The van der Waals surface area contributed by atoms with Crippen LogP contribution in [0.1, 0.15) is 6.42 Å². The fraction of sp³-hybridized carbons (Fsp3) is 0.333. The Bertz CT molecular complexity index is 762. The van der Waals surface area contributed by atoms with Crippen LogP contribution in [0.15, 0.2) is 43.1 Å². The fourth-order valence-corrected chi connectivity index (χ4v) is 2.94. The van der Waals surface area contributed by atoms with Crippen molar-refractivity contribution in [3.8, 4) is 11.6 Å². The molecule has 1 saturated heterocycles. The minimum Gasteiger partial charge on any atom is -0.490 e. The van der Waals surface area contributed by atoms with Gasteiger partial charge in [0.05, 0.1) is 0 Å². The second-order valence-electron chi connectivity index (χ2n) is 5.87. The summed E-state index contributed by atoms with van der Waals surface area (Å²) in [4.78, 5) is 17.3. The van der Waals surface area contributed by atoms with Gasteiger partial charge in [-0.15, -0.1) is 0 Å². The lowest BCUT2D eigenvalue weighted by Gasteiger charge is -2.15. The Morgan fingerprint density at radius 3 is 3.04 bits per heavy atom. The number of carboxylic acids is 1. The number of nitrogens with zero attached hydrogens (tertiary/aromatic N) is 2. The number of ether oxygens (including phenoxy) is 2. The van der Waals surface area contributed by atoms with Gasteiger partial charge in [-0.3, -0.25) is 9.69 Å². The van der Waals surface area contributed by atoms with Gasteiger partial charge in [0.25, 0.3) is 0 Å². The summed E-state index contributed by atoms with van der Waals surface area (Å²) in [5.41, 5.74) is 0. The molecule has 2 aromatic rings. The first kappa shape index (κ1) is 16.3. The molecular weight excluding hydrogens is 308 g/mol. The molecule has 6 nitrogen and oxygen atoms in total. The third-order valence-corrected chi connectivity index (χ3v) is 4.14. The minimum atomic E-state index is -0.824. The van der Waals surface area contributed by atoms with Crippen molar-refractivity contribution in [2.24, 2.45) is 0 Å². The first-order valence-electron chi connectivity index (χ1n) is 7.80. The Kier molecular flexibility index (Phi) is 4.66. The van der Waals surface area contributed by atoms with Gasteiger partial charge in [0.2, 0.25) is 5.88 Å². The van der Waals surface area contributed by atoms with Gasteiger partial charge in [0.15, 0.2) is 0 Å². The van der Waals surface area contributed by atoms with E-state index in [9.17, 15) is 9.90 Å².